The molecule has 0 aliphatic rings. The molecule has 0 aliphatic carbocycles. The molecule has 0 amide bonds. The maximum absolute atomic E-state index is 8.98. The summed E-state index contributed by atoms with van der Waals surface area (Å²) in [7, 11) is 2.02. The zero-order valence-corrected chi connectivity index (χ0v) is 12.6. The maximum atomic E-state index is 8.98. The number of halogens is 1. The third-order valence-electron chi connectivity index (χ3n) is 3.10. The van der Waals surface area contributed by atoms with Crippen LogP contribution in [0.4, 0.5) is 11.4 Å². The molecule has 0 aliphatic heterocycles. The molecule has 19 heavy (non-hydrogen) atoms. The van der Waals surface area contributed by atoms with Crippen molar-refractivity contribution in [2.24, 2.45) is 0 Å². The third-order valence-corrected chi connectivity index (χ3v) is 3.71. The summed E-state index contributed by atoms with van der Waals surface area (Å²) in [4.78, 5) is 2.11. The summed E-state index contributed by atoms with van der Waals surface area (Å²) in [6, 6.07) is 16.2. The van der Waals surface area contributed by atoms with Crippen molar-refractivity contribution in [1.29, 1.82) is 5.26 Å². The highest BCUT2D eigenvalue weighted by molar-refractivity contribution is 9.08. The van der Waals surface area contributed by atoms with Gasteiger partial charge in [0.05, 0.1) is 11.6 Å². The minimum absolute atomic E-state index is 0.678. The van der Waals surface area contributed by atoms with E-state index in [1.165, 1.54) is 11.1 Å². The number of aryl methyl sites for hydroxylation is 1. The zero-order valence-electron chi connectivity index (χ0n) is 11.0. The molecule has 96 valence electrons. The van der Waals surface area contributed by atoms with Crippen LogP contribution >= 0.6 is 15.9 Å². The van der Waals surface area contributed by atoms with Crippen LogP contribution in [0.25, 0.3) is 0 Å². The van der Waals surface area contributed by atoms with Gasteiger partial charge in [-0.2, -0.15) is 5.26 Å². The molecular formula is C16H15BrN2. The van der Waals surface area contributed by atoms with E-state index < -0.39 is 0 Å². The summed E-state index contributed by atoms with van der Waals surface area (Å²) in [5.41, 5.74) is 5.33. The summed E-state index contributed by atoms with van der Waals surface area (Å²) < 4.78 is 0. The molecule has 0 spiro atoms. The fourth-order valence-electron chi connectivity index (χ4n) is 2.07. The highest BCUT2D eigenvalue weighted by Crippen LogP contribution is 2.29. The molecule has 0 radical (unpaired) electrons. The van der Waals surface area contributed by atoms with Crippen LogP contribution in [0.5, 0.6) is 0 Å². The van der Waals surface area contributed by atoms with Crippen molar-refractivity contribution in [3.05, 3.63) is 59.2 Å². The van der Waals surface area contributed by atoms with Crippen LogP contribution < -0.4 is 4.90 Å². The predicted molar refractivity (Wildman–Crippen MR) is 83.0 cm³/mol. The number of rotatable bonds is 3. The first-order valence-electron chi connectivity index (χ1n) is 6.05. The molecule has 0 aromatic heterocycles. The van der Waals surface area contributed by atoms with Gasteiger partial charge in [0, 0.05) is 23.8 Å². The van der Waals surface area contributed by atoms with E-state index in [0.29, 0.717) is 5.56 Å². The summed E-state index contributed by atoms with van der Waals surface area (Å²) >= 11 is 3.53. The Bertz CT molecular complexity index is 629. The minimum Gasteiger partial charge on any atom is -0.344 e. The topological polar surface area (TPSA) is 27.0 Å². The highest BCUT2D eigenvalue weighted by atomic mass is 79.9. The summed E-state index contributed by atoms with van der Waals surface area (Å²) in [6.07, 6.45) is 0. The van der Waals surface area contributed by atoms with E-state index in [1.54, 1.807) is 0 Å². The Labute approximate surface area is 122 Å². The quantitative estimate of drug-likeness (QED) is 0.778. The van der Waals surface area contributed by atoms with Crippen LogP contribution in [0.1, 0.15) is 16.7 Å². The van der Waals surface area contributed by atoms with Crippen molar-refractivity contribution in [3.63, 3.8) is 0 Å². The number of benzene rings is 2. The Kier molecular flexibility index (Phi) is 4.24. The van der Waals surface area contributed by atoms with Crippen LogP contribution in [0, 0.1) is 18.3 Å². The lowest BCUT2D eigenvalue weighted by Crippen LogP contribution is -2.11. The highest BCUT2D eigenvalue weighted by Gasteiger charge is 2.09. The van der Waals surface area contributed by atoms with Gasteiger partial charge < -0.3 is 4.90 Å². The molecule has 0 heterocycles. The van der Waals surface area contributed by atoms with E-state index in [0.717, 1.165) is 16.7 Å². The van der Waals surface area contributed by atoms with E-state index in [4.69, 9.17) is 5.26 Å². The molecule has 2 aromatic rings. The van der Waals surface area contributed by atoms with Crippen LogP contribution in [0.2, 0.25) is 0 Å². The van der Waals surface area contributed by atoms with E-state index in [1.807, 2.05) is 31.3 Å². The van der Waals surface area contributed by atoms with Crippen molar-refractivity contribution < 1.29 is 0 Å². The summed E-state index contributed by atoms with van der Waals surface area (Å²) in [5.74, 6) is 0. The summed E-state index contributed by atoms with van der Waals surface area (Å²) in [5, 5.41) is 9.79. The number of hydrogen-bond acceptors (Lipinski definition) is 2. The first-order chi connectivity index (χ1) is 9.15. The molecule has 3 heteroatoms. The van der Waals surface area contributed by atoms with Gasteiger partial charge in [0.2, 0.25) is 0 Å². The second kappa shape index (κ2) is 5.90. The first-order valence-corrected chi connectivity index (χ1v) is 7.17. The first kappa shape index (κ1) is 13.6. The number of hydrogen-bond donors (Lipinski definition) is 0. The van der Waals surface area contributed by atoms with Crippen molar-refractivity contribution in [3.8, 4) is 6.07 Å². The molecule has 0 atom stereocenters. The van der Waals surface area contributed by atoms with Gasteiger partial charge in [0.1, 0.15) is 0 Å². The van der Waals surface area contributed by atoms with Crippen LogP contribution in [0.3, 0.4) is 0 Å². The lowest BCUT2D eigenvalue weighted by molar-refractivity contribution is 1.17. The van der Waals surface area contributed by atoms with Gasteiger partial charge >= 0.3 is 0 Å². The van der Waals surface area contributed by atoms with Gasteiger partial charge in [0.25, 0.3) is 0 Å². The third kappa shape index (κ3) is 2.97. The van der Waals surface area contributed by atoms with E-state index in [-0.39, 0.29) is 0 Å². The van der Waals surface area contributed by atoms with Crippen LogP contribution in [-0.4, -0.2) is 7.05 Å². The normalized spacial score (nSPS) is 10.0. The molecule has 0 unspecified atom stereocenters. The molecule has 0 saturated carbocycles. The number of nitrogens with zero attached hydrogens (tertiary/aromatic N) is 2. The molecule has 2 aromatic carbocycles. The van der Waals surface area contributed by atoms with Crippen molar-refractivity contribution >= 4 is 27.3 Å². The Hall–Kier alpha value is -1.79. The molecule has 0 fully saturated rings. The number of alkyl halides is 1. The van der Waals surface area contributed by atoms with E-state index in [9.17, 15) is 0 Å². The van der Waals surface area contributed by atoms with Crippen molar-refractivity contribution in [2.45, 2.75) is 12.3 Å². The number of nitriles is 1. The second-order valence-corrected chi connectivity index (χ2v) is 5.05. The van der Waals surface area contributed by atoms with Gasteiger partial charge in [-0.1, -0.05) is 39.7 Å². The van der Waals surface area contributed by atoms with E-state index in [2.05, 4.69) is 52.0 Å². The molecular weight excluding hydrogens is 300 g/mol. The SMILES string of the molecule is Cc1ccc(N(C)c2cccc(C#N)c2)c(CBr)c1. The van der Waals surface area contributed by atoms with Gasteiger partial charge in [-0.15, -0.1) is 0 Å². The number of anilines is 2. The molecule has 2 nitrogen and oxygen atoms in total. The lowest BCUT2D eigenvalue weighted by Gasteiger charge is -2.22. The second-order valence-electron chi connectivity index (χ2n) is 4.49. The van der Waals surface area contributed by atoms with Crippen molar-refractivity contribution in [1.82, 2.24) is 0 Å². The fourth-order valence-corrected chi connectivity index (χ4v) is 2.52. The molecule has 0 bridgehead atoms. The molecule has 2 rings (SSSR count). The maximum Gasteiger partial charge on any atom is 0.0992 e. The van der Waals surface area contributed by atoms with Crippen molar-refractivity contribution in [2.75, 3.05) is 11.9 Å². The Balaban J connectivity index is 2.43. The van der Waals surface area contributed by atoms with Gasteiger partial charge in [-0.3, -0.25) is 0 Å². The summed E-state index contributed by atoms with van der Waals surface area (Å²) in [6.45, 7) is 2.09. The lowest BCUT2D eigenvalue weighted by atomic mass is 10.1. The zero-order chi connectivity index (χ0) is 13.8. The minimum atomic E-state index is 0.678. The van der Waals surface area contributed by atoms with E-state index >= 15 is 0 Å². The van der Waals surface area contributed by atoms with Crippen LogP contribution in [-0.2, 0) is 5.33 Å². The van der Waals surface area contributed by atoms with Gasteiger partial charge in [0.15, 0.2) is 0 Å². The smallest absolute Gasteiger partial charge is 0.0992 e. The average Bonchev–Trinajstić information content (AvgIpc) is 2.46. The van der Waals surface area contributed by atoms with Gasteiger partial charge in [-0.05, 0) is 36.8 Å². The van der Waals surface area contributed by atoms with Gasteiger partial charge in [-0.25, -0.2) is 0 Å². The standard InChI is InChI=1S/C16H15BrN2/c1-12-6-7-16(14(8-12)10-17)19(2)15-5-3-4-13(9-15)11-18/h3-9H,10H2,1-2H3. The largest absolute Gasteiger partial charge is 0.344 e. The van der Waals surface area contributed by atoms with Crippen LogP contribution in [0.15, 0.2) is 42.5 Å². The molecule has 0 saturated heterocycles. The Morgan fingerprint density at radius 1 is 1.21 bits per heavy atom. The monoisotopic (exact) mass is 314 g/mol. The predicted octanol–water partition coefficient (Wildman–Crippen LogP) is 4.53. The Morgan fingerprint density at radius 3 is 2.68 bits per heavy atom. The molecule has 0 N–H and O–H groups in total. The average molecular weight is 315 g/mol. The Morgan fingerprint density at radius 2 is 2.00 bits per heavy atom. The fraction of sp³-hybridized carbons (Fsp3) is 0.188.